The number of carbonyl (C=O) groups excluding carboxylic acids is 1. The highest BCUT2D eigenvalue weighted by atomic mass is 16.1. The molecule has 6 nitrogen and oxygen atoms in total. The van der Waals surface area contributed by atoms with Gasteiger partial charge in [0.2, 0.25) is 5.91 Å². The number of amides is 1. The molecule has 0 unspecified atom stereocenters. The van der Waals surface area contributed by atoms with Crippen LogP contribution in [-0.4, -0.2) is 29.4 Å². The van der Waals surface area contributed by atoms with Crippen molar-refractivity contribution in [2.75, 3.05) is 19.0 Å². The van der Waals surface area contributed by atoms with Gasteiger partial charge in [0.05, 0.1) is 12.2 Å². The van der Waals surface area contributed by atoms with Crippen LogP contribution in [0.4, 0.5) is 5.82 Å². The predicted molar refractivity (Wildman–Crippen MR) is 57.6 cm³/mol. The Kier molecular flexibility index (Phi) is 4.02. The van der Waals surface area contributed by atoms with Gasteiger partial charge < -0.3 is 11.2 Å². The first-order chi connectivity index (χ1) is 7.11. The average molecular weight is 209 g/mol. The van der Waals surface area contributed by atoms with E-state index in [2.05, 4.69) is 10.4 Å². The maximum Gasteiger partial charge on any atom is 0.231 e. The Bertz CT molecular complexity index is 341. The average Bonchev–Trinajstić information content (AvgIpc) is 2.16. The first-order valence-electron chi connectivity index (χ1n) is 4.51. The van der Waals surface area contributed by atoms with Crippen molar-refractivity contribution in [1.29, 1.82) is 0 Å². The van der Waals surface area contributed by atoms with Gasteiger partial charge in [0.15, 0.2) is 0 Å². The van der Waals surface area contributed by atoms with E-state index in [9.17, 15) is 4.79 Å². The monoisotopic (exact) mass is 209 g/mol. The summed E-state index contributed by atoms with van der Waals surface area (Å²) >= 11 is 0. The molecule has 5 N–H and O–H groups in total. The first-order valence-corrected chi connectivity index (χ1v) is 4.51. The Labute approximate surface area is 88.2 Å². The van der Waals surface area contributed by atoms with E-state index in [4.69, 9.17) is 11.6 Å². The number of likely N-dealkylation sites (N-methyl/N-ethyl adjacent to an activating group) is 1. The minimum absolute atomic E-state index is 0.210. The second kappa shape index (κ2) is 5.28. The zero-order chi connectivity index (χ0) is 11.3. The van der Waals surface area contributed by atoms with E-state index < -0.39 is 0 Å². The fourth-order valence-electron chi connectivity index (χ4n) is 1.25. The molecule has 0 aliphatic rings. The van der Waals surface area contributed by atoms with Gasteiger partial charge >= 0.3 is 0 Å². The van der Waals surface area contributed by atoms with E-state index in [1.807, 2.05) is 12.1 Å². The minimum atomic E-state index is -0.356. The van der Waals surface area contributed by atoms with Gasteiger partial charge in [-0.25, -0.2) is 10.8 Å². The van der Waals surface area contributed by atoms with Crippen LogP contribution in [0, 0.1) is 0 Å². The smallest absolute Gasteiger partial charge is 0.231 e. The van der Waals surface area contributed by atoms with Crippen LogP contribution in [0.5, 0.6) is 0 Å². The molecule has 0 atom stereocenters. The third-order valence-electron chi connectivity index (χ3n) is 1.81. The third kappa shape index (κ3) is 3.92. The highest BCUT2D eigenvalue weighted by Crippen LogP contribution is 2.04. The van der Waals surface area contributed by atoms with E-state index >= 15 is 0 Å². The van der Waals surface area contributed by atoms with E-state index in [0.29, 0.717) is 12.4 Å². The molecule has 0 aliphatic carbocycles. The fraction of sp³-hybridized carbons (Fsp3) is 0.333. The summed E-state index contributed by atoms with van der Waals surface area (Å²) in [5.41, 5.74) is 8.36. The van der Waals surface area contributed by atoms with Crippen LogP contribution in [0.25, 0.3) is 0 Å². The summed E-state index contributed by atoms with van der Waals surface area (Å²) in [5, 5.41) is 0. The molecule has 1 aromatic rings. The van der Waals surface area contributed by atoms with E-state index in [1.54, 1.807) is 18.0 Å². The Balaban J connectivity index is 2.59. The third-order valence-corrected chi connectivity index (χ3v) is 1.81. The van der Waals surface area contributed by atoms with Crippen molar-refractivity contribution in [3.05, 3.63) is 23.9 Å². The molecule has 1 amide bonds. The number of rotatable bonds is 5. The molecule has 1 heterocycles. The lowest BCUT2D eigenvalue weighted by Crippen LogP contribution is -2.30. The number of hydrogen-bond acceptors (Lipinski definition) is 5. The molecule has 15 heavy (non-hydrogen) atoms. The number of aromatic nitrogens is 1. The van der Waals surface area contributed by atoms with Gasteiger partial charge in [-0.3, -0.25) is 9.69 Å². The van der Waals surface area contributed by atoms with Crippen LogP contribution in [-0.2, 0) is 11.3 Å². The van der Waals surface area contributed by atoms with Crippen molar-refractivity contribution in [2.45, 2.75) is 6.54 Å². The van der Waals surface area contributed by atoms with Gasteiger partial charge in [0.1, 0.15) is 5.82 Å². The standard InChI is InChI=1S/C9H15N5O/c1-14(6-8(10)15)5-7-3-2-4-9(12-7)13-11/h2-4H,5-6,11H2,1H3,(H2,10,15)(H,12,13). The number of anilines is 1. The molecule has 0 saturated carbocycles. The molecule has 6 heteroatoms. The van der Waals surface area contributed by atoms with Crippen molar-refractivity contribution in [3.63, 3.8) is 0 Å². The Morgan fingerprint density at radius 1 is 1.60 bits per heavy atom. The van der Waals surface area contributed by atoms with Crippen molar-refractivity contribution in [3.8, 4) is 0 Å². The lowest BCUT2D eigenvalue weighted by Gasteiger charge is -2.14. The molecular formula is C9H15N5O. The van der Waals surface area contributed by atoms with E-state index in [-0.39, 0.29) is 12.5 Å². The first kappa shape index (κ1) is 11.4. The molecule has 0 aliphatic heterocycles. The summed E-state index contributed by atoms with van der Waals surface area (Å²) in [5.74, 6) is 5.47. The second-order valence-electron chi connectivity index (χ2n) is 3.30. The van der Waals surface area contributed by atoms with Gasteiger partial charge in [0.25, 0.3) is 0 Å². The van der Waals surface area contributed by atoms with Crippen molar-refractivity contribution < 1.29 is 4.79 Å². The van der Waals surface area contributed by atoms with Gasteiger partial charge in [-0.15, -0.1) is 0 Å². The summed E-state index contributed by atoms with van der Waals surface area (Å²) in [4.78, 5) is 16.6. The van der Waals surface area contributed by atoms with Crippen LogP contribution in [0.15, 0.2) is 18.2 Å². The predicted octanol–water partition coefficient (Wildman–Crippen LogP) is -0.716. The zero-order valence-corrected chi connectivity index (χ0v) is 8.60. The molecule has 1 rings (SSSR count). The van der Waals surface area contributed by atoms with E-state index in [1.165, 1.54) is 0 Å². The maximum atomic E-state index is 10.7. The molecular weight excluding hydrogens is 194 g/mol. The summed E-state index contributed by atoms with van der Waals surface area (Å²) in [6.07, 6.45) is 0. The maximum absolute atomic E-state index is 10.7. The Morgan fingerprint density at radius 3 is 2.93 bits per heavy atom. The van der Waals surface area contributed by atoms with Crippen LogP contribution < -0.4 is 17.0 Å². The zero-order valence-electron chi connectivity index (χ0n) is 8.60. The number of hydrogen-bond donors (Lipinski definition) is 3. The number of nitrogens with two attached hydrogens (primary N) is 2. The molecule has 0 saturated heterocycles. The van der Waals surface area contributed by atoms with Crippen molar-refractivity contribution in [1.82, 2.24) is 9.88 Å². The quantitative estimate of drug-likeness (QED) is 0.439. The summed E-state index contributed by atoms with van der Waals surface area (Å²) in [6.45, 7) is 0.764. The van der Waals surface area contributed by atoms with Crippen LogP contribution in [0.2, 0.25) is 0 Å². The normalized spacial score (nSPS) is 10.3. The van der Waals surface area contributed by atoms with Crippen LogP contribution >= 0.6 is 0 Å². The molecule has 0 spiro atoms. The van der Waals surface area contributed by atoms with E-state index in [0.717, 1.165) is 5.69 Å². The Hall–Kier alpha value is -1.66. The van der Waals surface area contributed by atoms with Crippen LogP contribution in [0.3, 0.4) is 0 Å². The second-order valence-corrected chi connectivity index (χ2v) is 3.30. The fourth-order valence-corrected chi connectivity index (χ4v) is 1.25. The van der Waals surface area contributed by atoms with Gasteiger partial charge in [-0.1, -0.05) is 6.07 Å². The largest absolute Gasteiger partial charge is 0.369 e. The highest BCUT2D eigenvalue weighted by Gasteiger charge is 2.04. The summed E-state index contributed by atoms with van der Waals surface area (Å²) in [6, 6.07) is 5.46. The number of nitrogens with one attached hydrogen (secondary N) is 1. The number of hydrazine groups is 1. The van der Waals surface area contributed by atoms with Crippen molar-refractivity contribution >= 4 is 11.7 Å². The summed E-state index contributed by atoms with van der Waals surface area (Å²) < 4.78 is 0. The van der Waals surface area contributed by atoms with Gasteiger partial charge in [-0.05, 0) is 19.2 Å². The van der Waals surface area contributed by atoms with Gasteiger partial charge in [-0.2, -0.15) is 0 Å². The van der Waals surface area contributed by atoms with Crippen LogP contribution in [0.1, 0.15) is 5.69 Å². The topological polar surface area (TPSA) is 97.3 Å². The van der Waals surface area contributed by atoms with Gasteiger partial charge in [0, 0.05) is 6.54 Å². The van der Waals surface area contributed by atoms with Crippen molar-refractivity contribution in [2.24, 2.45) is 11.6 Å². The molecule has 82 valence electrons. The molecule has 0 bridgehead atoms. The lowest BCUT2D eigenvalue weighted by atomic mass is 10.3. The number of pyridine rings is 1. The molecule has 0 aromatic carbocycles. The molecule has 0 radical (unpaired) electrons. The summed E-state index contributed by atoms with van der Waals surface area (Å²) in [7, 11) is 1.80. The SMILES string of the molecule is CN(CC(N)=O)Cc1cccc(NN)n1. The number of nitrogen functional groups attached to an aromatic ring is 1. The molecule has 0 fully saturated rings. The lowest BCUT2D eigenvalue weighted by molar-refractivity contribution is -0.118. The number of carbonyl (C=O) groups is 1. The minimum Gasteiger partial charge on any atom is -0.369 e. The number of nitrogens with zero attached hydrogens (tertiary/aromatic N) is 2. The molecule has 1 aromatic heterocycles. The number of primary amides is 1. The Morgan fingerprint density at radius 2 is 2.33 bits per heavy atom. The highest BCUT2D eigenvalue weighted by molar-refractivity contribution is 5.75.